The lowest BCUT2D eigenvalue weighted by Crippen LogP contribution is -2.16. The second-order valence-corrected chi connectivity index (χ2v) is 6.39. The van der Waals surface area contributed by atoms with Gasteiger partial charge in [-0.25, -0.2) is 4.79 Å². The fourth-order valence-electron chi connectivity index (χ4n) is 1.66. The zero-order valence-corrected chi connectivity index (χ0v) is 12.3. The Bertz CT molecular complexity index is 546. The first-order valence-corrected chi connectivity index (χ1v) is 7.75. The summed E-state index contributed by atoms with van der Waals surface area (Å²) in [4.78, 5) is 10.9. The molecule has 0 aliphatic heterocycles. The zero-order chi connectivity index (χ0) is 16.2. The second kappa shape index (κ2) is 6.93. The molecule has 21 heavy (non-hydrogen) atoms. The van der Waals surface area contributed by atoms with Gasteiger partial charge in [-0.2, -0.15) is 13.2 Å². The summed E-state index contributed by atoms with van der Waals surface area (Å²) in [5, 5.41) is 11.7. The number of carboxylic acid groups (broad SMARTS) is 1. The van der Waals surface area contributed by atoms with Crippen LogP contribution in [0.3, 0.4) is 0 Å². The molecule has 0 spiro atoms. The van der Waals surface area contributed by atoms with Crippen LogP contribution in [0.5, 0.6) is 0 Å². The number of halogens is 3. The van der Waals surface area contributed by atoms with Crippen LogP contribution in [0.15, 0.2) is 18.2 Å². The number of hydrogen-bond donors (Lipinski definition) is 2. The van der Waals surface area contributed by atoms with Crippen molar-refractivity contribution in [2.75, 3.05) is 18.1 Å². The minimum absolute atomic E-state index is 0.0501. The van der Waals surface area contributed by atoms with Gasteiger partial charge >= 0.3 is 12.1 Å². The summed E-state index contributed by atoms with van der Waals surface area (Å²) >= 11 is 0. The summed E-state index contributed by atoms with van der Waals surface area (Å²) in [6, 6.07) is 2.88. The van der Waals surface area contributed by atoms with E-state index in [0.29, 0.717) is 13.0 Å². The summed E-state index contributed by atoms with van der Waals surface area (Å²) in [6.07, 6.45) is -2.57. The first kappa shape index (κ1) is 17.5. The van der Waals surface area contributed by atoms with Gasteiger partial charge in [0.1, 0.15) is 0 Å². The molecule has 0 saturated heterocycles. The average molecular weight is 323 g/mol. The molecule has 0 aliphatic rings. The molecule has 0 fully saturated rings. The van der Waals surface area contributed by atoms with Gasteiger partial charge < -0.3 is 10.4 Å². The number of carboxylic acids is 1. The van der Waals surface area contributed by atoms with Crippen molar-refractivity contribution in [1.29, 1.82) is 0 Å². The average Bonchev–Trinajstić information content (AvgIpc) is 2.36. The van der Waals surface area contributed by atoms with Crippen LogP contribution in [0.2, 0.25) is 0 Å². The smallest absolute Gasteiger partial charge is 0.417 e. The number of aromatic carboxylic acids is 1. The molecule has 8 heteroatoms. The number of nitrogens with one attached hydrogen (secondary N) is 1. The molecule has 4 nitrogen and oxygen atoms in total. The topological polar surface area (TPSA) is 66.4 Å². The molecule has 1 aromatic carbocycles. The molecule has 0 radical (unpaired) electrons. The van der Waals surface area contributed by atoms with Crippen molar-refractivity contribution in [2.45, 2.75) is 24.8 Å². The van der Waals surface area contributed by atoms with Gasteiger partial charge in [0.15, 0.2) is 0 Å². The van der Waals surface area contributed by atoms with E-state index in [4.69, 9.17) is 5.11 Å². The molecule has 2 unspecified atom stereocenters. The Hall–Kier alpha value is -1.57. The molecule has 2 N–H and O–H groups in total. The number of carbonyl (C=O) groups is 1. The largest absolute Gasteiger partial charge is 0.478 e. The SMILES string of the molecule is CC(CCNc1ccc(C(F)(F)F)c(C(=O)O)c1)S(C)=O. The summed E-state index contributed by atoms with van der Waals surface area (Å²) in [5.41, 5.74) is -1.68. The van der Waals surface area contributed by atoms with Crippen molar-refractivity contribution in [3.05, 3.63) is 29.3 Å². The third-order valence-electron chi connectivity index (χ3n) is 3.00. The van der Waals surface area contributed by atoms with Crippen molar-refractivity contribution in [1.82, 2.24) is 0 Å². The highest BCUT2D eigenvalue weighted by Gasteiger charge is 2.35. The van der Waals surface area contributed by atoms with Crippen molar-refractivity contribution >= 4 is 22.5 Å². The number of rotatable bonds is 6. The monoisotopic (exact) mass is 323 g/mol. The highest BCUT2D eigenvalue weighted by Crippen LogP contribution is 2.33. The Balaban J connectivity index is 2.85. The van der Waals surface area contributed by atoms with Crippen molar-refractivity contribution in [3.63, 3.8) is 0 Å². The lowest BCUT2D eigenvalue weighted by atomic mass is 10.1. The second-order valence-electron chi connectivity index (χ2n) is 4.59. The predicted octanol–water partition coefficient (Wildman–Crippen LogP) is 2.97. The molecule has 118 valence electrons. The van der Waals surface area contributed by atoms with Gasteiger partial charge in [-0.3, -0.25) is 4.21 Å². The number of alkyl halides is 3. The van der Waals surface area contributed by atoms with Crippen LogP contribution >= 0.6 is 0 Å². The van der Waals surface area contributed by atoms with Crippen molar-refractivity contribution in [3.8, 4) is 0 Å². The third kappa shape index (κ3) is 5.04. The maximum Gasteiger partial charge on any atom is 0.417 e. The first-order chi connectivity index (χ1) is 9.62. The van der Waals surface area contributed by atoms with Gasteiger partial charge in [0.05, 0.1) is 11.1 Å². The van der Waals surface area contributed by atoms with Crippen LogP contribution in [-0.2, 0) is 17.0 Å². The van der Waals surface area contributed by atoms with E-state index in [-0.39, 0.29) is 10.9 Å². The van der Waals surface area contributed by atoms with E-state index >= 15 is 0 Å². The van der Waals surface area contributed by atoms with Crippen LogP contribution in [-0.4, -0.2) is 33.3 Å². The number of anilines is 1. The quantitative estimate of drug-likeness (QED) is 0.845. The lowest BCUT2D eigenvalue weighted by molar-refractivity contribution is -0.138. The molecule has 0 bridgehead atoms. The van der Waals surface area contributed by atoms with Gasteiger partial charge in [0.25, 0.3) is 0 Å². The molecule has 0 aliphatic carbocycles. The van der Waals surface area contributed by atoms with E-state index < -0.39 is 34.1 Å². The molecular weight excluding hydrogens is 307 g/mol. The molecule has 0 saturated carbocycles. The van der Waals surface area contributed by atoms with E-state index in [9.17, 15) is 22.2 Å². The predicted molar refractivity (Wildman–Crippen MR) is 75.0 cm³/mol. The van der Waals surface area contributed by atoms with Gasteiger partial charge in [-0.05, 0) is 24.6 Å². The fraction of sp³-hybridized carbons (Fsp3) is 0.462. The number of hydrogen-bond acceptors (Lipinski definition) is 3. The van der Waals surface area contributed by atoms with Crippen molar-refractivity contribution < 1.29 is 27.3 Å². The maximum absolute atomic E-state index is 12.7. The van der Waals surface area contributed by atoms with E-state index in [1.165, 1.54) is 6.07 Å². The normalized spacial score (nSPS) is 14.5. The van der Waals surface area contributed by atoms with Gasteiger partial charge in [0.2, 0.25) is 0 Å². The van der Waals surface area contributed by atoms with Gasteiger partial charge in [0, 0.05) is 34.5 Å². The Morgan fingerprint density at radius 3 is 2.52 bits per heavy atom. The van der Waals surface area contributed by atoms with Crippen LogP contribution in [0, 0.1) is 0 Å². The first-order valence-electron chi connectivity index (χ1n) is 6.13. The standard InChI is InChI=1S/C13H16F3NO3S/c1-8(21(2)20)5-6-17-9-3-4-11(13(14,15)16)10(7-9)12(18)19/h3-4,7-8,17H,5-6H2,1-2H3,(H,18,19). The minimum Gasteiger partial charge on any atom is -0.478 e. The summed E-state index contributed by atoms with van der Waals surface area (Å²) in [5.74, 6) is -1.63. The van der Waals surface area contributed by atoms with Crippen LogP contribution in [0.4, 0.5) is 18.9 Å². The van der Waals surface area contributed by atoms with Gasteiger partial charge in [-0.1, -0.05) is 6.92 Å². The van der Waals surface area contributed by atoms with Crippen LogP contribution in [0.25, 0.3) is 0 Å². The zero-order valence-electron chi connectivity index (χ0n) is 11.5. The Kier molecular flexibility index (Phi) is 5.77. The van der Waals surface area contributed by atoms with E-state index in [2.05, 4.69) is 5.32 Å². The molecule has 1 rings (SSSR count). The van der Waals surface area contributed by atoms with Crippen LogP contribution < -0.4 is 5.32 Å². The van der Waals surface area contributed by atoms with Crippen molar-refractivity contribution in [2.24, 2.45) is 0 Å². The van der Waals surface area contributed by atoms with E-state index in [0.717, 1.165) is 12.1 Å². The number of benzene rings is 1. The molecule has 0 amide bonds. The highest BCUT2D eigenvalue weighted by molar-refractivity contribution is 7.84. The van der Waals surface area contributed by atoms with E-state index in [1.807, 2.05) is 0 Å². The van der Waals surface area contributed by atoms with Crippen LogP contribution in [0.1, 0.15) is 29.3 Å². The Labute approximate surface area is 122 Å². The summed E-state index contributed by atoms with van der Waals surface area (Å²) in [6.45, 7) is 2.19. The molecule has 0 aromatic heterocycles. The minimum atomic E-state index is -4.71. The molecular formula is C13H16F3NO3S. The Morgan fingerprint density at radius 2 is 2.05 bits per heavy atom. The molecule has 0 heterocycles. The maximum atomic E-state index is 12.7. The molecule has 2 atom stereocenters. The van der Waals surface area contributed by atoms with Gasteiger partial charge in [-0.15, -0.1) is 0 Å². The third-order valence-corrected chi connectivity index (χ3v) is 4.37. The fourth-order valence-corrected chi connectivity index (χ4v) is 2.11. The summed E-state index contributed by atoms with van der Waals surface area (Å²) < 4.78 is 49.2. The Morgan fingerprint density at radius 1 is 1.43 bits per heavy atom. The van der Waals surface area contributed by atoms with E-state index in [1.54, 1.807) is 13.2 Å². The summed E-state index contributed by atoms with van der Waals surface area (Å²) in [7, 11) is -0.978. The lowest BCUT2D eigenvalue weighted by Gasteiger charge is -2.14. The molecule has 1 aromatic rings. The highest BCUT2D eigenvalue weighted by atomic mass is 32.2.